The quantitative estimate of drug-likeness (QED) is 0.498. The van der Waals surface area contributed by atoms with Crippen molar-refractivity contribution in [3.63, 3.8) is 0 Å². The number of piperazine rings is 1. The molecule has 1 N–H and O–H groups in total. The summed E-state index contributed by atoms with van der Waals surface area (Å²) >= 11 is 1.58. The molecule has 3 aromatic rings. The lowest BCUT2D eigenvalue weighted by Gasteiger charge is -2.37. The van der Waals surface area contributed by atoms with Gasteiger partial charge in [-0.05, 0) is 42.5 Å². The maximum Gasteiger partial charge on any atom is 0.257 e. The number of pyridine rings is 1. The van der Waals surface area contributed by atoms with Gasteiger partial charge in [0, 0.05) is 49.4 Å². The van der Waals surface area contributed by atoms with Crippen molar-refractivity contribution in [2.45, 2.75) is 6.04 Å². The summed E-state index contributed by atoms with van der Waals surface area (Å²) in [5.41, 5.74) is 3.00. The van der Waals surface area contributed by atoms with E-state index in [2.05, 4.69) is 15.2 Å². The fourth-order valence-corrected chi connectivity index (χ4v) is 5.61. The highest BCUT2D eigenvalue weighted by Crippen LogP contribution is 2.32. The van der Waals surface area contributed by atoms with Gasteiger partial charge < -0.3 is 24.6 Å². The third-order valence-corrected chi connectivity index (χ3v) is 7.66. The molecule has 196 valence electrons. The summed E-state index contributed by atoms with van der Waals surface area (Å²) in [5.74, 6) is 1.75. The summed E-state index contributed by atoms with van der Waals surface area (Å²) in [5, 5.41) is 3.74. The largest absolute Gasteiger partial charge is 0.493 e. The predicted octanol–water partition coefficient (Wildman–Crippen LogP) is 3.56. The molecule has 2 aliphatic heterocycles. The number of ether oxygens (including phenoxy) is 2. The van der Waals surface area contributed by atoms with Crippen LogP contribution >= 0.6 is 11.8 Å². The van der Waals surface area contributed by atoms with Gasteiger partial charge in [-0.2, -0.15) is 0 Å². The number of nitrogens with one attached hydrogen (secondary N) is 1. The van der Waals surface area contributed by atoms with Crippen LogP contribution in [0.1, 0.15) is 15.9 Å². The molecule has 1 fully saturated rings. The van der Waals surface area contributed by atoms with Crippen LogP contribution in [0, 0.1) is 0 Å². The molecule has 1 aromatic heterocycles. The Balaban J connectivity index is 1.22. The Hall–Kier alpha value is -4.05. The van der Waals surface area contributed by atoms with E-state index < -0.39 is 6.04 Å². The number of thioether (sulfide) groups is 1. The van der Waals surface area contributed by atoms with E-state index in [9.17, 15) is 9.59 Å². The zero-order valence-electron chi connectivity index (χ0n) is 21.3. The zero-order valence-corrected chi connectivity index (χ0v) is 22.1. The second-order valence-corrected chi connectivity index (χ2v) is 9.86. The number of anilines is 2. The number of nitrogens with zero attached hydrogens (tertiary/aromatic N) is 4. The van der Waals surface area contributed by atoms with Gasteiger partial charge >= 0.3 is 0 Å². The predicted molar refractivity (Wildman–Crippen MR) is 150 cm³/mol. The number of methoxy groups -OCH3 is 2. The van der Waals surface area contributed by atoms with Gasteiger partial charge in [-0.1, -0.05) is 12.1 Å². The van der Waals surface area contributed by atoms with Gasteiger partial charge in [-0.15, -0.1) is 11.8 Å². The van der Waals surface area contributed by atoms with Crippen molar-refractivity contribution in [2.75, 3.05) is 56.4 Å². The third-order valence-electron chi connectivity index (χ3n) is 6.57. The Morgan fingerprint density at radius 2 is 1.76 bits per heavy atom. The fraction of sp³-hybridized carbons (Fsp3) is 0.286. The van der Waals surface area contributed by atoms with E-state index in [4.69, 9.17) is 14.5 Å². The molecule has 0 aliphatic carbocycles. The van der Waals surface area contributed by atoms with Crippen LogP contribution in [0.25, 0.3) is 0 Å². The summed E-state index contributed by atoms with van der Waals surface area (Å²) < 4.78 is 10.7. The molecule has 10 heteroatoms. The molecule has 9 nitrogen and oxygen atoms in total. The molecule has 2 amide bonds. The summed E-state index contributed by atoms with van der Waals surface area (Å²) in [6.45, 7) is 2.41. The minimum Gasteiger partial charge on any atom is -0.493 e. The van der Waals surface area contributed by atoms with Crippen LogP contribution < -0.4 is 19.7 Å². The Bertz CT molecular complexity index is 1340. The monoisotopic (exact) mass is 531 g/mol. The van der Waals surface area contributed by atoms with Gasteiger partial charge in [0.2, 0.25) is 5.91 Å². The summed E-state index contributed by atoms with van der Waals surface area (Å²) in [6, 6.07) is 16.4. The molecular formula is C28H29N5O4S. The van der Waals surface area contributed by atoms with E-state index >= 15 is 0 Å². The average molecular weight is 532 g/mol. The van der Waals surface area contributed by atoms with Crippen LogP contribution in [-0.4, -0.2) is 78.9 Å². The SMILES string of the molecule is COc1ccc(C2=NC(C(=O)N3CCN(c4ccccc4C(=O)Nc4cccnc4)CC3)CS2)cc1OC. The maximum atomic E-state index is 13.3. The van der Waals surface area contributed by atoms with Gasteiger partial charge in [0.05, 0.1) is 36.7 Å². The van der Waals surface area contributed by atoms with Gasteiger partial charge in [0.25, 0.3) is 5.91 Å². The van der Waals surface area contributed by atoms with Crippen LogP contribution in [0.2, 0.25) is 0 Å². The smallest absolute Gasteiger partial charge is 0.257 e. The second-order valence-electron chi connectivity index (χ2n) is 8.86. The molecule has 0 saturated carbocycles. The first kappa shape index (κ1) is 25.6. The number of carbonyl (C=O) groups is 2. The minimum atomic E-state index is -0.410. The Labute approximate surface area is 225 Å². The third kappa shape index (κ3) is 5.45. The van der Waals surface area contributed by atoms with E-state index in [0.717, 1.165) is 16.3 Å². The Morgan fingerprint density at radius 1 is 0.974 bits per heavy atom. The van der Waals surface area contributed by atoms with Crippen molar-refractivity contribution >= 4 is 40.0 Å². The highest BCUT2D eigenvalue weighted by atomic mass is 32.2. The van der Waals surface area contributed by atoms with E-state index in [1.54, 1.807) is 50.5 Å². The van der Waals surface area contributed by atoms with Crippen LogP contribution in [0.15, 0.2) is 72.0 Å². The van der Waals surface area contributed by atoms with Gasteiger partial charge in [-0.3, -0.25) is 19.6 Å². The van der Waals surface area contributed by atoms with Gasteiger partial charge in [-0.25, -0.2) is 0 Å². The number of hydrogen-bond donors (Lipinski definition) is 1. The van der Waals surface area contributed by atoms with Crippen LogP contribution in [0.5, 0.6) is 11.5 Å². The molecule has 0 radical (unpaired) electrons. The minimum absolute atomic E-state index is 0.0373. The topological polar surface area (TPSA) is 96.4 Å². The average Bonchev–Trinajstić information content (AvgIpc) is 3.47. The lowest BCUT2D eigenvalue weighted by Crippen LogP contribution is -2.51. The summed E-state index contributed by atoms with van der Waals surface area (Å²) in [6.07, 6.45) is 3.28. The molecule has 2 aromatic carbocycles. The highest BCUT2D eigenvalue weighted by Gasteiger charge is 2.32. The van der Waals surface area contributed by atoms with Gasteiger partial charge in [0.1, 0.15) is 6.04 Å². The van der Waals surface area contributed by atoms with Crippen molar-refractivity contribution < 1.29 is 19.1 Å². The van der Waals surface area contributed by atoms with E-state index in [1.165, 1.54) is 0 Å². The molecule has 1 unspecified atom stereocenters. The molecule has 0 bridgehead atoms. The standard InChI is InChI=1S/C28H29N5O4S/c1-36-24-10-9-19(16-25(24)37-2)27-31-22(18-38-27)28(35)33-14-12-32(13-15-33)23-8-4-3-7-21(23)26(34)30-20-6-5-11-29-17-20/h3-11,16-17,22H,12-15,18H2,1-2H3,(H,30,34). The number of para-hydroxylation sites is 1. The molecular weight excluding hydrogens is 502 g/mol. The van der Waals surface area contributed by atoms with Crippen molar-refractivity contribution in [2.24, 2.45) is 4.99 Å². The van der Waals surface area contributed by atoms with Crippen LogP contribution in [0.4, 0.5) is 11.4 Å². The van der Waals surface area contributed by atoms with Crippen molar-refractivity contribution in [1.82, 2.24) is 9.88 Å². The molecule has 0 spiro atoms. The van der Waals surface area contributed by atoms with E-state index in [-0.39, 0.29) is 11.8 Å². The first-order valence-corrected chi connectivity index (χ1v) is 13.3. The zero-order chi connectivity index (χ0) is 26.5. The number of aliphatic imine (C=N–C) groups is 1. The summed E-state index contributed by atoms with van der Waals surface area (Å²) in [4.78, 5) is 39.1. The highest BCUT2D eigenvalue weighted by molar-refractivity contribution is 8.14. The molecule has 2 aliphatic rings. The first-order chi connectivity index (χ1) is 18.6. The normalized spacial score (nSPS) is 17.1. The number of benzene rings is 2. The molecule has 38 heavy (non-hydrogen) atoms. The number of hydrogen-bond acceptors (Lipinski definition) is 8. The molecule has 1 saturated heterocycles. The van der Waals surface area contributed by atoms with E-state index in [0.29, 0.717) is 54.7 Å². The lowest BCUT2D eigenvalue weighted by atomic mass is 10.1. The number of aromatic nitrogens is 1. The van der Waals surface area contributed by atoms with Crippen molar-refractivity contribution in [3.05, 3.63) is 78.1 Å². The fourth-order valence-electron chi connectivity index (χ4n) is 4.58. The van der Waals surface area contributed by atoms with Gasteiger partial charge in [0.15, 0.2) is 11.5 Å². The van der Waals surface area contributed by atoms with Crippen molar-refractivity contribution in [1.29, 1.82) is 0 Å². The molecule has 5 rings (SSSR count). The van der Waals surface area contributed by atoms with Crippen LogP contribution in [0.3, 0.4) is 0 Å². The maximum absolute atomic E-state index is 13.3. The second kappa shape index (κ2) is 11.6. The number of amides is 2. The molecule has 1 atom stereocenters. The Kier molecular flexibility index (Phi) is 7.78. The summed E-state index contributed by atoms with van der Waals surface area (Å²) in [7, 11) is 3.20. The lowest BCUT2D eigenvalue weighted by molar-refractivity contribution is -0.132. The Morgan fingerprint density at radius 3 is 2.50 bits per heavy atom. The molecule has 3 heterocycles. The number of rotatable bonds is 7. The first-order valence-electron chi connectivity index (χ1n) is 12.3. The van der Waals surface area contributed by atoms with Crippen molar-refractivity contribution in [3.8, 4) is 11.5 Å². The van der Waals surface area contributed by atoms with E-state index in [1.807, 2.05) is 47.4 Å². The van der Waals surface area contributed by atoms with Crippen LogP contribution in [-0.2, 0) is 4.79 Å². The number of carbonyl (C=O) groups excluding carboxylic acids is 2.